The molecule has 0 bridgehead atoms. The van der Waals surface area contributed by atoms with Crippen LogP contribution in [0, 0.1) is 0 Å². The number of halogens is 1. The topological polar surface area (TPSA) is 33.5 Å². The van der Waals surface area contributed by atoms with E-state index >= 15 is 0 Å². The summed E-state index contributed by atoms with van der Waals surface area (Å²) in [5.74, 6) is -0.0584. The number of amides is 1. The minimum atomic E-state index is -0.0584. The number of carbonyl (C=O) groups excluding carboxylic acids is 1. The van der Waals surface area contributed by atoms with E-state index in [-0.39, 0.29) is 28.9 Å². The fourth-order valence-corrected chi connectivity index (χ4v) is 2.45. The third-order valence-corrected chi connectivity index (χ3v) is 3.62. The first-order valence-electron chi connectivity index (χ1n) is 7.87. The molecule has 0 aliphatic rings. The van der Waals surface area contributed by atoms with Gasteiger partial charge in [0.1, 0.15) is 0 Å². The van der Waals surface area contributed by atoms with E-state index in [1.165, 1.54) is 16.5 Å². The Morgan fingerprint density at radius 2 is 1.86 bits per heavy atom. The van der Waals surface area contributed by atoms with Crippen molar-refractivity contribution in [2.75, 3.05) is 20.6 Å². The molecule has 0 aliphatic carbocycles. The minimum absolute atomic E-state index is 0. The van der Waals surface area contributed by atoms with Gasteiger partial charge in [-0.3, -0.25) is 4.79 Å². The summed E-state index contributed by atoms with van der Waals surface area (Å²) in [6.07, 6.45) is 6.73. The van der Waals surface area contributed by atoms with E-state index in [0.717, 1.165) is 38.6 Å². The highest BCUT2D eigenvalue weighted by Gasteiger charge is 2.11. The number of hydrogen-bond acceptors (Lipinski definition) is 1. The summed E-state index contributed by atoms with van der Waals surface area (Å²) >= 11 is 0. The van der Waals surface area contributed by atoms with Crippen LogP contribution in [0.1, 0.15) is 31.2 Å². The quantitative estimate of drug-likeness (QED) is 0.490. The van der Waals surface area contributed by atoms with Crippen molar-refractivity contribution in [2.45, 2.75) is 38.1 Å². The molecular weight excluding hydrogens is 340 g/mol. The molecule has 1 aromatic carbocycles. The zero-order chi connectivity index (χ0) is 15.5. The van der Waals surface area contributed by atoms with Gasteiger partial charge in [0.25, 0.3) is 0 Å². The predicted octanol–water partition coefficient (Wildman–Crippen LogP) is -1.39. The summed E-state index contributed by atoms with van der Waals surface area (Å²) in [5.41, 5.74) is 1.36. The van der Waals surface area contributed by atoms with E-state index in [4.69, 9.17) is 0 Å². The second kappa shape index (κ2) is 12.4. The zero-order valence-corrected chi connectivity index (χ0v) is 15.4. The summed E-state index contributed by atoms with van der Waals surface area (Å²) in [7, 11) is 4.32. The largest absolute Gasteiger partial charge is 1.00 e. The van der Waals surface area contributed by atoms with Crippen LogP contribution >= 0.6 is 0 Å². The molecule has 0 aliphatic heterocycles. The molecule has 4 heteroatoms. The lowest BCUT2D eigenvalue weighted by molar-refractivity contribution is -0.858. The van der Waals surface area contributed by atoms with Crippen LogP contribution < -0.4 is 27.2 Å². The maximum Gasteiger partial charge on any atom is 0.243 e. The summed E-state index contributed by atoms with van der Waals surface area (Å²) in [6, 6.07) is 10.8. The molecule has 22 heavy (non-hydrogen) atoms. The predicted molar refractivity (Wildman–Crippen MR) is 88.4 cm³/mol. The summed E-state index contributed by atoms with van der Waals surface area (Å²) in [6.45, 7) is 4.67. The molecule has 1 atom stereocenters. The van der Waals surface area contributed by atoms with Gasteiger partial charge in [-0.25, -0.2) is 0 Å². The molecule has 3 nitrogen and oxygen atoms in total. The Labute approximate surface area is 145 Å². The smallest absolute Gasteiger partial charge is 0.243 e. The van der Waals surface area contributed by atoms with Crippen molar-refractivity contribution in [1.29, 1.82) is 0 Å². The van der Waals surface area contributed by atoms with E-state index in [1.54, 1.807) is 0 Å². The normalized spacial score (nSPS) is 11.6. The Bertz CT molecular complexity index is 420. The maximum atomic E-state index is 11.5. The van der Waals surface area contributed by atoms with Gasteiger partial charge < -0.3 is 27.2 Å². The average molecular weight is 369 g/mol. The maximum absolute atomic E-state index is 11.5. The van der Waals surface area contributed by atoms with E-state index in [2.05, 4.69) is 50.3 Å². The first-order valence-corrected chi connectivity index (χ1v) is 7.87. The Balaban J connectivity index is 0.00000441. The molecule has 1 unspecified atom stereocenters. The molecule has 0 saturated carbocycles. The highest BCUT2D eigenvalue weighted by atomic mass is 79.9. The van der Waals surface area contributed by atoms with Gasteiger partial charge >= 0.3 is 0 Å². The molecule has 1 rings (SSSR count). The number of quaternary nitrogens is 1. The highest BCUT2D eigenvalue weighted by molar-refractivity contribution is 5.87. The third kappa shape index (κ3) is 9.74. The van der Waals surface area contributed by atoms with Gasteiger partial charge in [0.05, 0.1) is 20.6 Å². The first-order chi connectivity index (χ1) is 10.1. The van der Waals surface area contributed by atoms with E-state index < -0.39 is 0 Å². The number of aryl methyl sites for hydroxylation is 1. The van der Waals surface area contributed by atoms with Crippen molar-refractivity contribution in [3.63, 3.8) is 0 Å². The SMILES string of the molecule is C=CC(=O)NC(CCCc1ccccc1)CCC[NH+](C)C.[Br-]. The first kappa shape index (κ1) is 20.9. The molecule has 0 heterocycles. The number of benzene rings is 1. The van der Waals surface area contributed by atoms with Gasteiger partial charge in [-0.05, 0) is 43.7 Å². The second-order valence-electron chi connectivity index (χ2n) is 5.89. The van der Waals surface area contributed by atoms with Crippen LogP contribution in [0.15, 0.2) is 43.0 Å². The molecule has 1 amide bonds. The van der Waals surface area contributed by atoms with Crippen molar-refractivity contribution in [2.24, 2.45) is 0 Å². The highest BCUT2D eigenvalue weighted by Crippen LogP contribution is 2.09. The molecule has 0 spiro atoms. The summed E-state index contributed by atoms with van der Waals surface area (Å²) in [5, 5.41) is 3.06. The van der Waals surface area contributed by atoms with E-state index in [9.17, 15) is 4.79 Å². The molecule has 1 aromatic rings. The Morgan fingerprint density at radius 3 is 2.45 bits per heavy atom. The van der Waals surface area contributed by atoms with Crippen LogP contribution in [-0.2, 0) is 11.2 Å². The van der Waals surface area contributed by atoms with Gasteiger partial charge in [0, 0.05) is 6.04 Å². The summed E-state index contributed by atoms with van der Waals surface area (Å²) < 4.78 is 0. The van der Waals surface area contributed by atoms with Crippen molar-refractivity contribution in [3.05, 3.63) is 48.6 Å². The molecule has 0 aromatic heterocycles. The molecular formula is C18H29BrN2O. The van der Waals surface area contributed by atoms with Crippen LogP contribution in [-0.4, -0.2) is 32.6 Å². The third-order valence-electron chi connectivity index (χ3n) is 3.62. The molecule has 124 valence electrons. The number of carbonyl (C=O) groups is 1. The van der Waals surface area contributed by atoms with Crippen molar-refractivity contribution >= 4 is 5.91 Å². The van der Waals surface area contributed by atoms with Crippen LogP contribution in [0.4, 0.5) is 0 Å². The van der Waals surface area contributed by atoms with Crippen molar-refractivity contribution in [3.8, 4) is 0 Å². The molecule has 0 saturated heterocycles. The molecule has 2 N–H and O–H groups in total. The Hall–Kier alpha value is -1.13. The van der Waals surface area contributed by atoms with E-state index in [0.29, 0.717) is 0 Å². The lowest BCUT2D eigenvalue weighted by atomic mass is 10.0. The number of rotatable bonds is 10. The standard InChI is InChI=1S/C18H28N2O.BrH/c1-4-18(21)19-17(14-9-15-20(2)3)13-8-12-16-10-6-5-7-11-16;/h4-7,10-11,17H,1,8-9,12-15H2,2-3H3,(H,19,21);1H. The van der Waals surface area contributed by atoms with Crippen LogP contribution in [0.3, 0.4) is 0 Å². The Kier molecular flexibility index (Phi) is 11.8. The monoisotopic (exact) mass is 368 g/mol. The van der Waals surface area contributed by atoms with Crippen molar-refractivity contribution < 1.29 is 26.7 Å². The van der Waals surface area contributed by atoms with E-state index in [1.807, 2.05) is 6.07 Å². The van der Waals surface area contributed by atoms with Gasteiger partial charge in [0.2, 0.25) is 5.91 Å². The van der Waals surface area contributed by atoms with Crippen molar-refractivity contribution in [1.82, 2.24) is 5.32 Å². The lowest BCUT2D eigenvalue weighted by Gasteiger charge is -2.18. The van der Waals surface area contributed by atoms with Crippen LogP contribution in [0.25, 0.3) is 0 Å². The second-order valence-corrected chi connectivity index (χ2v) is 5.89. The average Bonchev–Trinajstić information content (AvgIpc) is 2.47. The fraction of sp³-hybridized carbons (Fsp3) is 0.500. The van der Waals surface area contributed by atoms with Gasteiger partial charge in [0.15, 0.2) is 0 Å². The minimum Gasteiger partial charge on any atom is -1.00 e. The number of hydrogen-bond donors (Lipinski definition) is 2. The Morgan fingerprint density at radius 1 is 1.23 bits per heavy atom. The zero-order valence-electron chi connectivity index (χ0n) is 13.8. The van der Waals surface area contributed by atoms with Gasteiger partial charge in [-0.15, -0.1) is 0 Å². The molecule has 0 fully saturated rings. The number of nitrogens with one attached hydrogen (secondary N) is 2. The fourth-order valence-electron chi connectivity index (χ4n) is 2.45. The van der Waals surface area contributed by atoms with Gasteiger partial charge in [-0.2, -0.15) is 0 Å². The molecule has 0 radical (unpaired) electrons. The van der Waals surface area contributed by atoms with Crippen LogP contribution in [0.2, 0.25) is 0 Å². The van der Waals surface area contributed by atoms with Gasteiger partial charge in [-0.1, -0.05) is 36.9 Å². The lowest BCUT2D eigenvalue weighted by Crippen LogP contribution is -3.05. The van der Waals surface area contributed by atoms with Crippen LogP contribution in [0.5, 0.6) is 0 Å². The summed E-state index contributed by atoms with van der Waals surface area (Å²) in [4.78, 5) is 13.0.